The molecule has 1 aliphatic heterocycles. The number of aromatic nitrogens is 4. The molecule has 1 saturated carbocycles. The van der Waals surface area contributed by atoms with Gasteiger partial charge in [-0.3, -0.25) is 0 Å². The summed E-state index contributed by atoms with van der Waals surface area (Å²) in [6, 6.07) is 21.7. The zero-order chi connectivity index (χ0) is 27.1. The molecule has 3 heterocycles. The van der Waals surface area contributed by atoms with Crippen molar-refractivity contribution in [1.82, 2.24) is 24.6 Å². The summed E-state index contributed by atoms with van der Waals surface area (Å²) in [5.74, 6) is 0.675. The van der Waals surface area contributed by atoms with Gasteiger partial charge in [0, 0.05) is 43.3 Å². The van der Waals surface area contributed by atoms with Gasteiger partial charge < -0.3 is 19.7 Å². The van der Waals surface area contributed by atoms with E-state index < -0.39 is 0 Å². The van der Waals surface area contributed by atoms with Gasteiger partial charge >= 0.3 is 0 Å². The second kappa shape index (κ2) is 10.6. The van der Waals surface area contributed by atoms with Gasteiger partial charge in [0.15, 0.2) is 0 Å². The molecule has 40 heavy (non-hydrogen) atoms. The van der Waals surface area contributed by atoms with E-state index in [-0.39, 0.29) is 5.82 Å². The Balaban J connectivity index is 1.35. The highest BCUT2D eigenvalue weighted by Crippen LogP contribution is 2.41. The Hall–Kier alpha value is -3.82. The van der Waals surface area contributed by atoms with Gasteiger partial charge in [0.1, 0.15) is 16.6 Å². The molecule has 3 aromatic carbocycles. The van der Waals surface area contributed by atoms with Crippen molar-refractivity contribution in [2.45, 2.75) is 31.7 Å². The third-order valence-electron chi connectivity index (χ3n) is 8.13. The molecule has 7 rings (SSSR count). The Morgan fingerprint density at radius 3 is 2.38 bits per heavy atom. The van der Waals surface area contributed by atoms with E-state index in [2.05, 4.69) is 61.2 Å². The van der Waals surface area contributed by atoms with Crippen LogP contribution in [0.25, 0.3) is 33.0 Å². The van der Waals surface area contributed by atoms with Gasteiger partial charge in [-0.1, -0.05) is 54.5 Å². The molecule has 1 aliphatic carbocycles. The van der Waals surface area contributed by atoms with Crippen molar-refractivity contribution in [3.05, 3.63) is 72.5 Å². The van der Waals surface area contributed by atoms with Crippen LogP contribution in [0.3, 0.4) is 0 Å². The summed E-state index contributed by atoms with van der Waals surface area (Å²) in [5, 5.41) is 14.2. The molecule has 0 atom stereocenters. The highest BCUT2D eigenvalue weighted by Gasteiger charge is 2.26. The molecule has 5 aromatic rings. The number of rotatable bonds is 6. The number of benzene rings is 3. The van der Waals surface area contributed by atoms with E-state index in [1.807, 2.05) is 30.3 Å². The minimum absolute atomic E-state index is 0.233. The van der Waals surface area contributed by atoms with Crippen LogP contribution in [0.4, 0.5) is 20.9 Å². The quantitative estimate of drug-likeness (QED) is 0.245. The molecule has 2 fully saturated rings. The average Bonchev–Trinajstić information content (AvgIpc) is 3.74. The average molecular weight is 554 g/mol. The maximum atomic E-state index is 13.8. The van der Waals surface area contributed by atoms with Crippen LogP contribution in [0.2, 0.25) is 0 Å². The first kappa shape index (κ1) is 25.2. The smallest absolute Gasteiger partial charge is 0.210 e. The fraction of sp³-hybridized carbons (Fsp3) is 0.323. The van der Waals surface area contributed by atoms with Crippen molar-refractivity contribution in [2.75, 3.05) is 43.4 Å². The molecule has 1 N–H and O–H groups in total. The zero-order valence-corrected chi connectivity index (χ0v) is 23.4. The van der Waals surface area contributed by atoms with Gasteiger partial charge in [-0.05, 0) is 56.3 Å². The predicted octanol–water partition coefficient (Wildman–Crippen LogP) is 6.97. The maximum absolute atomic E-state index is 13.8. The molecule has 0 bridgehead atoms. The van der Waals surface area contributed by atoms with Crippen LogP contribution in [0.5, 0.6) is 0 Å². The zero-order valence-electron chi connectivity index (χ0n) is 22.6. The van der Waals surface area contributed by atoms with E-state index in [9.17, 15) is 4.39 Å². The van der Waals surface area contributed by atoms with Crippen LogP contribution in [0, 0.1) is 5.82 Å². The number of piperazine rings is 1. The summed E-state index contributed by atoms with van der Waals surface area (Å²) in [7, 11) is 2.18. The molecule has 9 heteroatoms. The summed E-state index contributed by atoms with van der Waals surface area (Å²) in [6.07, 6.45) is 4.71. The molecule has 0 amide bonds. The second-order valence-corrected chi connectivity index (χ2v) is 11.8. The Kier molecular flexibility index (Phi) is 6.69. The molecule has 2 aliphatic rings. The number of fused-ring (bicyclic) bond motifs is 1. The van der Waals surface area contributed by atoms with E-state index in [0.29, 0.717) is 6.04 Å². The topological polar surface area (TPSA) is 62.1 Å². The van der Waals surface area contributed by atoms with Gasteiger partial charge in [-0.2, -0.15) is 0 Å². The third-order valence-corrected chi connectivity index (χ3v) is 9.02. The Morgan fingerprint density at radius 2 is 1.62 bits per heavy atom. The summed E-state index contributed by atoms with van der Waals surface area (Å²) in [5.41, 5.74) is 6.20. The highest BCUT2D eigenvalue weighted by molar-refractivity contribution is 7.18. The lowest BCUT2D eigenvalue weighted by molar-refractivity contribution is 0.313. The van der Waals surface area contributed by atoms with Gasteiger partial charge in [0.2, 0.25) is 5.13 Å². The van der Waals surface area contributed by atoms with Gasteiger partial charge in [-0.25, -0.2) is 9.37 Å². The van der Waals surface area contributed by atoms with Crippen LogP contribution in [0.1, 0.15) is 31.7 Å². The largest absolute Gasteiger partial charge is 0.367 e. The molecule has 204 valence electrons. The molecule has 2 aromatic heterocycles. The first-order valence-corrected chi connectivity index (χ1v) is 14.9. The van der Waals surface area contributed by atoms with Gasteiger partial charge in [0.25, 0.3) is 0 Å². The van der Waals surface area contributed by atoms with Gasteiger partial charge in [0.05, 0.1) is 22.4 Å². The lowest BCUT2D eigenvalue weighted by atomic mass is 10.1. The van der Waals surface area contributed by atoms with E-state index in [1.54, 1.807) is 11.3 Å². The van der Waals surface area contributed by atoms with Crippen LogP contribution >= 0.6 is 11.3 Å². The number of imidazole rings is 1. The van der Waals surface area contributed by atoms with Crippen molar-refractivity contribution < 1.29 is 4.39 Å². The van der Waals surface area contributed by atoms with E-state index in [1.165, 1.54) is 25.0 Å². The number of nitrogens with zero attached hydrogens (tertiary/aromatic N) is 6. The van der Waals surface area contributed by atoms with Crippen LogP contribution in [0.15, 0.2) is 66.7 Å². The lowest BCUT2D eigenvalue weighted by Gasteiger charge is -2.35. The SMILES string of the molecule is CN1CCN(c2cc3c(cc2Nc2nnc(-c4ccccc4)s2)nc(-c2ccc(F)cc2)n3C2CCCC2)CC1. The Morgan fingerprint density at radius 1 is 0.875 bits per heavy atom. The van der Waals surface area contributed by atoms with Crippen molar-refractivity contribution >= 4 is 38.9 Å². The van der Waals surface area contributed by atoms with Crippen molar-refractivity contribution in [2.24, 2.45) is 0 Å². The third kappa shape index (κ3) is 4.84. The number of anilines is 3. The number of hydrogen-bond acceptors (Lipinski definition) is 7. The molecule has 0 spiro atoms. The standard InChI is InChI=1S/C31H32FN7S/c1-37-15-17-38(18-16-37)27-20-28-26(19-25(27)34-31-36-35-30(40-31)22-7-3-2-4-8-22)33-29(21-11-13-23(32)14-12-21)39(28)24-9-5-6-10-24/h2-4,7-8,11-14,19-20,24H,5-6,9-10,15-18H2,1H3,(H,34,36). The minimum atomic E-state index is -0.233. The second-order valence-electron chi connectivity index (χ2n) is 10.8. The number of nitrogens with one attached hydrogen (secondary N) is 1. The first-order valence-electron chi connectivity index (χ1n) is 14.0. The minimum Gasteiger partial charge on any atom is -0.367 e. The van der Waals surface area contributed by atoms with Gasteiger partial charge in [-0.15, -0.1) is 10.2 Å². The molecule has 0 unspecified atom stereocenters. The summed E-state index contributed by atoms with van der Waals surface area (Å²) >= 11 is 1.55. The number of likely N-dealkylation sites (N-methyl/N-ethyl adjacent to an activating group) is 1. The fourth-order valence-corrected chi connectivity index (χ4v) is 6.72. The molecule has 7 nitrogen and oxygen atoms in total. The molecule has 0 radical (unpaired) electrons. The molecule has 1 saturated heterocycles. The van der Waals surface area contributed by atoms with Crippen LogP contribution in [-0.2, 0) is 0 Å². The van der Waals surface area contributed by atoms with Crippen LogP contribution < -0.4 is 10.2 Å². The maximum Gasteiger partial charge on any atom is 0.210 e. The monoisotopic (exact) mass is 553 g/mol. The van der Waals surface area contributed by atoms with Crippen molar-refractivity contribution in [3.8, 4) is 22.0 Å². The molecular formula is C31H32FN7S. The number of hydrogen-bond donors (Lipinski definition) is 1. The summed E-state index contributed by atoms with van der Waals surface area (Å²) < 4.78 is 16.2. The Bertz CT molecular complexity index is 1620. The van der Waals surface area contributed by atoms with Crippen molar-refractivity contribution in [1.29, 1.82) is 0 Å². The normalized spacial score (nSPS) is 16.7. The van der Waals surface area contributed by atoms with E-state index >= 15 is 0 Å². The predicted molar refractivity (Wildman–Crippen MR) is 161 cm³/mol. The Labute approximate surface area is 237 Å². The van der Waals surface area contributed by atoms with Crippen LogP contribution in [-0.4, -0.2) is 57.9 Å². The van der Waals surface area contributed by atoms with E-state index in [4.69, 9.17) is 4.98 Å². The highest BCUT2D eigenvalue weighted by atomic mass is 32.1. The molecular weight excluding hydrogens is 521 g/mol. The van der Waals surface area contributed by atoms with Crippen molar-refractivity contribution in [3.63, 3.8) is 0 Å². The summed E-state index contributed by atoms with van der Waals surface area (Å²) in [4.78, 5) is 9.98. The van der Waals surface area contributed by atoms with E-state index in [0.717, 1.165) is 88.5 Å². The number of halogens is 1. The fourth-order valence-electron chi connectivity index (χ4n) is 5.96. The first-order chi connectivity index (χ1) is 19.6. The summed E-state index contributed by atoms with van der Waals surface area (Å²) in [6.45, 7) is 3.92. The lowest BCUT2D eigenvalue weighted by Crippen LogP contribution is -2.44.